The molecule has 0 heterocycles. The molecule has 6 amide bonds. The van der Waals surface area contributed by atoms with E-state index in [4.69, 9.17) is 17.2 Å². The number of aliphatic carboxylic acids is 2. The number of guanidine groups is 1. The lowest BCUT2D eigenvalue weighted by atomic mass is 10.00. The molecule has 22 heteroatoms. The van der Waals surface area contributed by atoms with E-state index < -0.39 is 115 Å². The molecule has 7 atom stereocenters. The molecular formula is C37H60N10O12. The Hall–Kier alpha value is -6.03. The molecule has 0 saturated heterocycles. The molecule has 0 fully saturated rings. The van der Waals surface area contributed by atoms with E-state index in [9.17, 15) is 58.8 Å². The lowest BCUT2D eigenvalue weighted by molar-refractivity contribution is -0.142. The third-order valence-electron chi connectivity index (χ3n) is 8.73. The van der Waals surface area contributed by atoms with Crippen LogP contribution in [0.5, 0.6) is 5.75 Å². The number of nitrogens with zero attached hydrogens (tertiary/aromatic N) is 1. The van der Waals surface area contributed by atoms with Crippen molar-refractivity contribution >= 4 is 53.3 Å². The minimum Gasteiger partial charge on any atom is -0.508 e. The summed E-state index contributed by atoms with van der Waals surface area (Å²) in [4.78, 5) is 107. The summed E-state index contributed by atoms with van der Waals surface area (Å²) in [7, 11) is 0. The second-order valence-electron chi connectivity index (χ2n) is 14.7. The Morgan fingerprint density at radius 1 is 0.678 bits per heavy atom. The fourth-order valence-electron chi connectivity index (χ4n) is 5.41. The highest BCUT2D eigenvalue weighted by atomic mass is 16.4. The van der Waals surface area contributed by atoms with Gasteiger partial charge in [-0.15, -0.1) is 0 Å². The van der Waals surface area contributed by atoms with Gasteiger partial charge in [-0.2, -0.15) is 0 Å². The number of hydrogen-bond acceptors (Lipinski definition) is 12. The van der Waals surface area contributed by atoms with Gasteiger partial charge in [0.2, 0.25) is 35.4 Å². The smallest absolute Gasteiger partial charge is 0.325 e. The predicted molar refractivity (Wildman–Crippen MR) is 213 cm³/mol. The number of hydrogen-bond donors (Lipinski definition) is 13. The summed E-state index contributed by atoms with van der Waals surface area (Å²) in [5.41, 5.74) is 17.2. The number of nitrogens with two attached hydrogens (primary N) is 3. The van der Waals surface area contributed by atoms with E-state index in [0.29, 0.717) is 12.0 Å². The van der Waals surface area contributed by atoms with Gasteiger partial charge < -0.3 is 69.5 Å². The number of rotatable bonds is 26. The number of phenols is 1. The molecule has 0 aliphatic rings. The summed E-state index contributed by atoms with van der Waals surface area (Å²) in [5, 5.41) is 52.9. The predicted octanol–water partition coefficient (Wildman–Crippen LogP) is -3.11. The largest absolute Gasteiger partial charge is 0.508 e. The highest BCUT2D eigenvalue weighted by molar-refractivity contribution is 5.97. The second-order valence-corrected chi connectivity index (χ2v) is 14.7. The summed E-state index contributed by atoms with van der Waals surface area (Å²) in [6.45, 7) is 7.04. The van der Waals surface area contributed by atoms with Gasteiger partial charge in [0, 0.05) is 19.4 Å². The van der Waals surface area contributed by atoms with Crippen LogP contribution >= 0.6 is 0 Å². The van der Waals surface area contributed by atoms with Crippen LogP contribution in [0.2, 0.25) is 0 Å². The summed E-state index contributed by atoms with van der Waals surface area (Å²) >= 11 is 0. The monoisotopic (exact) mass is 836 g/mol. The zero-order valence-corrected chi connectivity index (χ0v) is 33.9. The van der Waals surface area contributed by atoms with E-state index in [1.807, 2.05) is 0 Å². The number of carboxylic acid groups (broad SMARTS) is 2. The Labute approximate surface area is 341 Å². The average Bonchev–Trinajstić information content (AvgIpc) is 3.15. The molecule has 16 N–H and O–H groups in total. The standard InChI is InChI=1S/C37H60N10O12/c1-18(2)15-25(32(54)42-20(5)36(58)59)45-31(53)24(12-13-28(50)51)43-35(57)29(19(3)4)47-34(56)27(17-48)46-33(55)26(16-21-8-10-22(49)11-9-21)44-30(52)23(38)7-6-14-41-37(39)40/h8-11,18-20,23-27,29,48-49H,6-7,12-17,38H2,1-5H3,(H,42,54)(H,43,57)(H,44,52)(H,45,53)(H,46,55)(H,47,56)(H,50,51)(H,58,59)(H4,39,40,41)/t20-,23-,24-,25-,26-,27-,29-/m0/s1. The van der Waals surface area contributed by atoms with Crippen LogP contribution < -0.4 is 49.1 Å². The van der Waals surface area contributed by atoms with Crippen LogP contribution in [0.25, 0.3) is 0 Å². The first-order chi connectivity index (χ1) is 27.5. The molecule has 59 heavy (non-hydrogen) atoms. The fourth-order valence-corrected chi connectivity index (χ4v) is 5.41. The first-order valence-electron chi connectivity index (χ1n) is 19.0. The van der Waals surface area contributed by atoms with Crippen LogP contribution in [0.3, 0.4) is 0 Å². The number of carbonyl (C=O) groups excluding carboxylic acids is 6. The van der Waals surface area contributed by atoms with Gasteiger partial charge >= 0.3 is 11.9 Å². The molecule has 1 aromatic rings. The van der Waals surface area contributed by atoms with Crippen molar-refractivity contribution in [2.24, 2.45) is 34.0 Å². The third kappa shape index (κ3) is 19.3. The van der Waals surface area contributed by atoms with Crippen molar-refractivity contribution in [3.8, 4) is 5.75 Å². The van der Waals surface area contributed by atoms with Gasteiger partial charge in [-0.05, 0) is 62.1 Å². The van der Waals surface area contributed by atoms with Gasteiger partial charge in [0.1, 0.15) is 42.0 Å². The number of benzene rings is 1. The highest BCUT2D eigenvalue weighted by Crippen LogP contribution is 2.13. The van der Waals surface area contributed by atoms with Crippen molar-refractivity contribution in [3.63, 3.8) is 0 Å². The number of phenolic OH excluding ortho intramolecular Hbond substituents is 1. The van der Waals surface area contributed by atoms with Gasteiger partial charge in [0.15, 0.2) is 5.96 Å². The molecular weight excluding hydrogens is 776 g/mol. The van der Waals surface area contributed by atoms with E-state index in [2.05, 4.69) is 36.9 Å². The number of aromatic hydroxyl groups is 1. The molecule has 330 valence electrons. The van der Waals surface area contributed by atoms with E-state index in [0.717, 1.165) is 0 Å². The Bertz CT molecular complexity index is 1640. The van der Waals surface area contributed by atoms with Crippen molar-refractivity contribution in [2.75, 3.05) is 13.2 Å². The molecule has 0 radical (unpaired) electrons. The van der Waals surface area contributed by atoms with Gasteiger partial charge in [-0.1, -0.05) is 39.8 Å². The first kappa shape index (κ1) is 51.0. The third-order valence-corrected chi connectivity index (χ3v) is 8.73. The molecule has 1 rings (SSSR count). The topological polar surface area (TPSA) is 380 Å². The van der Waals surface area contributed by atoms with Crippen LogP contribution in [0, 0.1) is 11.8 Å². The summed E-state index contributed by atoms with van der Waals surface area (Å²) in [6.07, 6.45) is -0.598. The number of aliphatic imine (C=N–C) groups is 1. The van der Waals surface area contributed by atoms with Gasteiger partial charge in [-0.3, -0.25) is 43.3 Å². The molecule has 0 saturated carbocycles. The average molecular weight is 837 g/mol. The quantitative estimate of drug-likeness (QED) is 0.0250. The molecule has 0 aromatic heterocycles. The highest BCUT2D eigenvalue weighted by Gasteiger charge is 2.34. The van der Waals surface area contributed by atoms with Crippen molar-refractivity contribution in [1.29, 1.82) is 0 Å². The fraction of sp³-hybridized carbons (Fsp3) is 0.595. The summed E-state index contributed by atoms with van der Waals surface area (Å²) < 4.78 is 0. The number of aliphatic hydroxyl groups excluding tert-OH is 1. The maximum absolute atomic E-state index is 13.6. The van der Waals surface area contributed by atoms with Gasteiger partial charge in [0.05, 0.1) is 12.6 Å². The molecule has 0 spiro atoms. The van der Waals surface area contributed by atoms with Gasteiger partial charge in [-0.25, -0.2) is 0 Å². The normalized spacial score (nSPS) is 14.6. The number of nitrogens with one attached hydrogen (secondary N) is 6. The number of aliphatic hydroxyl groups is 1. The zero-order valence-electron chi connectivity index (χ0n) is 33.9. The van der Waals surface area contributed by atoms with Crippen molar-refractivity contribution < 1.29 is 58.8 Å². The Morgan fingerprint density at radius 3 is 1.73 bits per heavy atom. The van der Waals surface area contributed by atoms with Crippen molar-refractivity contribution in [3.05, 3.63) is 29.8 Å². The van der Waals surface area contributed by atoms with Crippen LogP contribution in [0.15, 0.2) is 29.3 Å². The number of carboxylic acids is 2. The van der Waals surface area contributed by atoms with E-state index in [1.54, 1.807) is 27.7 Å². The zero-order chi connectivity index (χ0) is 45.0. The first-order valence-corrected chi connectivity index (χ1v) is 19.0. The van der Waals surface area contributed by atoms with E-state index in [-0.39, 0.29) is 43.4 Å². The van der Waals surface area contributed by atoms with Gasteiger partial charge in [0.25, 0.3) is 0 Å². The molecule has 0 unspecified atom stereocenters. The lowest BCUT2D eigenvalue weighted by Gasteiger charge is -2.28. The minimum atomic E-state index is -1.67. The SMILES string of the molecule is CC(C)C[C@H](NC(=O)[C@H](CCC(=O)O)NC(=O)[C@@H](NC(=O)[C@H](CO)NC(=O)[C@H](Cc1ccc(O)cc1)NC(=O)[C@@H](N)CCCN=C(N)N)C(C)C)C(=O)N[C@@H](C)C(=O)O. The lowest BCUT2D eigenvalue weighted by Crippen LogP contribution is -2.61. The molecule has 22 nitrogen and oxygen atoms in total. The Kier molecular flexibility index (Phi) is 21.9. The summed E-state index contributed by atoms with van der Waals surface area (Å²) in [6, 6.07) is -3.85. The van der Waals surface area contributed by atoms with Crippen LogP contribution in [-0.2, 0) is 44.8 Å². The number of carbonyl (C=O) groups is 8. The Balaban J connectivity index is 3.24. The summed E-state index contributed by atoms with van der Waals surface area (Å²) in [5.74, 6) is -9.04. The van der Waals surface area contributed by atoms with Crippen LogP contribution in [0.4, 0.5) is 0 Å². The van der Waals surface area contributed by atoms with Crippen molar-refractivity contribution in [1.82, 2.24) is 31.9 Å². The number of amides is 6. The van der Waals surface area contributed by atoms with E-state index in [1.165, 1.54) is 31.2 Å². The molecule has 0 bridgehead atoms. The Morgan fingerprint density at radius 2 is 1.20 bits per heavy atom. The molecule has 1 aromatic carbocycles. The molecule has 0 aliphatic carbocycles. The van der Waals surface area contributed by atoms with Crippen LogP contribution in [0.1, 0.15) is 72.3 Å². The van der Waals surface area contributed by atoms with E-state index >= 15 is 0 Å². The molecule has 0 aliphatic heterocycles. The van der Waals surface area contributed by atoms with Crippen LogP contribution in [-0.4, -0.2) is 129 Å². The maximum atomic E-state index is 13.6. The minimum absolute atomic E-state index is 0.0541. The van der Waals surface area contributed by atoms with Crippen molar-refractivity contribution in [2.45, 2.75) is 115 Å². The maximum Gasteiger partial charge on any atom is 0.325 e. The second kappa shape index (κ2) is 25.4.